The number of carbonyl (C=O) groups excluding carboxylic acids is 2. The summed E-state index contributed by atoms with van der Waals surface area (Å²) < 4.78 is 35.0. The lowest BCUT2D eigenvalue weighted by Gasteiger charge is -2.34. The van der Waals surface area contributed by atoms with Crippen molar-refractivity contribution in [1.29, 1.82) is 0 Å². The average Bonchev–Trinajstić information content (AvgIpc) is 3.59. The van der Waals surface area contributed by atoms with Crippen molar-refractivity contribution < 1.29 is 22.7 Å². The molecular formula is C36H38ClN3O5S. The first-order valence-corrected chi connectivity index (χ1v) is 17.2. The third kappa shape index (κ3) is 8.08. The zero-order chi connectivity index (χ0) is 32.5. The van der Waals surface area contributed by atoms with E-state index in [1.165, 1.54) is 24.1 Å². The highest BCUT2D eigenvalue weighted by molar-refractivity contribution is 7.92. The first kappa shape index (κ1) is 33.0. The van der Waals surface area contributed by atoms with Crippen LogP contribution in [-0.2, 0) is 32.6 Å². The van der Waals surface area contributed by atoms with E-state index in [0.29, 0.717) is 10.8 Å². The van der Waals surface area contributed by atoms with E-state index in [-0.39, 0.29) is 35.5 Å². The van der Waals surface area contributed by atoms with E-state index in [9.17, 15) is 18.0 Å². The molecule has 0 aliphatic heterocycles. The number of hydrogen-bond donors (Lipinski definition) is 1. The smallest absolute Gasteiger partial charge is 0.264 e. The number of halogens is 1. The summed E-state index contributed by atoms with van der Waals surface area (Å²) >= 11 is 6.17. The third-order valence-corrected chi connectivity index (χ3v) is 10.2. The Morgan fingerprint density at radius 1 is 0.848 bits per heavy atom. The van der Waals surface area contributed by atoms with Gasteiger partial charge in [-0.1, -0.05) is 97.2 Å². The van der Waals surface area contributed by atoms with Crippen LogP contribution in [0.3, 0.4) is 0 Å². The van der Waals surface area contributed by atoms with Crippen LogP contribution < -0.4 is 14.4 Å². The molecule has 1 atom stereocenters. The molecule has 0 spiro atoms. The highest BCUT2D eigenvalue weighted by Gasteiger charge is 2.36. The van der Waals surface area contributed by atoms with E-state index in [1.807, 2.05) is 30.3 Å². The molecule has 1 aliphatic carbocycles. The standard InChI is InChI=1S/C36H38ClN3O5S/c1-45-34-19-11-10-18-32(34)40(46(43,44)31-16-6-3-7-17-31)26-35(41)39(25-28-20-22-29(37)23-21-28)33(24-27-12-4-2-5-13-27)36(42)38-30-14-8-9-15-30/h2-7,10-13,16-23,30,33H,8-9,14-15,24-26H2,1H3,(H,38,42)/t33-/m1/s1. The van der Waals surface area contributed by atoms with Crippen molar-refractivity contribution in [2.45, 2.75) is 55.6 Å². The van der Waals surface area contributed by atoms with Gasteiger partial charge >= 0.3 is 0 Å². The van der Waals surface area contributed by atoms with Crippen LogP contribution in [-0.4, -0.2) is 50.9 Å². The molecule has 4 aromatic rings. The second kappa shape index (κ2) is 15.3. The lowest BCUT2D eigenvalue weighted by molar-refractivity contribution is -0.140. The van der Waals surface area contributed by atoms with Crippen LogP contribution >= 0.6 is 11.6 Å². The largest absolute Gasteiger partial charge is 0.495 e. The Bertz CT molecular complexity index is 1710. The molecule has 240 valence electrons. The number of nitrogens with one attached hydrogen (secondary N) is 1. The zero-order valence-corrected chi connectivity index (χ0v) is 27.3. The van der Waals surface area contributed by atoms with Gasteiger partial charge < -0.3 is 15.0 Å². The van der Waals surface area contributed by atoms with Gasteiger partial charge in [-0.25, -0.2) is 8.42 Å². The molecule has 1 saturated carbocycles. The van der Waals surface area contributed by atoms with Crippen LogP contribution in [0.25, 0.3) is 0 Å². The highest BCUT2D eigenvalue weighted by atomic mass is 35.5. The van der Waals surface area contributed by atoms with Gasteiger partial charge in [-0.05, 0) is 60.4 Å². The van der Waals surface area contributed by atoms with Gasteiger partial charge in [0.2, 0.25) is 11.8 Å². The van der Waals surface area contributed by atoms with E-state index < -0.39 is 28.5 Å². The summed E-state index contributed by atoms with van der Waals surface area (Å²) in [7, 11) is -2.78. The lowest BCUT2D eigenvalue weighted by Crippen LogP contribution is -2.54. The maximum atomic E-state index is 14.6. The molecule has 46 heavy (non-hydrogen) atoms. The van der Waals surface area contributed by atoms with Gasteiger partial charge in [0.15, 0.2) is 0 Å². The van der Waals surface area contributed by atoms with Gasteiger partial charge in [-0.2, -0.15) is 0 Å². The quantitative estimate of drug-likeness (QED) is 0.183. The molecule has 1 aliphatic rings. The van der Waals surface area contributed by atoms with E-state index in [1.54, 1.807) is 66.7 Å². The summed E-state index contributed by atoms with van der Waals surface area (Å²) in [6, 6.07) is 30.3. The number of methoxy groups -OCH3 is 1. The fourth-order valence-electron chi connectivity index (χ4n) is 5.78. The number of hydrogen-bond acceptors (Lipinski definition) is 5. The molecule has 0 bridgehead atoms. The number of benzene rings is 4. The molecule has 10 heteroatoms. The van der Waals surface area contributed by atoms with Gasteiger partial charge in [-0.3, -0.25) is 13.9 Å². The number of anilines is 1. The van der Waals surface area contributed by atoms with Crippen molar-refractivity contribution in [3.8, 4) is 5.75 Å². The number of sulfonamides is 1. The molecule has 0 heterocycles. The van der Waals surface area contributed by atoms with E-state index >= 15 is 0 Å². The SMILES string of the molecule is COc1ccccc1N(CC(=O)N(Cc1ccc(Cl)cc1)[C@H](Cc1ccccc1)C(=O)NC1CCCC1)S(=O)(=O)c1ccccc1. The molecule has 5 rings (SSSR count). The topological polar surface area (TPSA) is 96.0 Å². The van der Waals surface area contributed by atoms with E-state index in [2.05, 4.69) is 5.32 Å². The predicted octanol–water partition coefficient (Wildman–Crippen LogP) is 6.24. The monoisotopic (exact) mass is 659 g/mol. The first-order chi connectivity index (χ1) is 22.3. The summed E-state index contributed by atoms with van der Waals surface area (Å²) in [5, 5.41) is 3.72. The molecule has 0 unspecified atom stereocenters. The minimum Gasteiger partial charge on any atom is -0.495 e. The van der Waals surface area contributed by atoms with Gasteiger partial charge in [0, 0.05) is 24.0 Å². The van der Waals surface area contributed by atoms with Crippen LogP contribution in [0.5, 0.6) is 5.75 Å². The van der Waals surface area contributed by atoms with Gasteiger partial charge in [-0.15, -0.1) is 0 Å². The van der Waals surface area contributed by atoms with Crippen molar-refractivity contribution in [3.63, 3.8) is 0 Å². The molecule has 1 fully saturated rings. The summed E-state index contributed by atoms with van der Waals surface area (Å²) in [5.74, 6) is -0.519. The molecular weight excluding hydrogens is 622 g/mol. The Hall–Kier alpha value is -4.34. The van der Waals surface area contributed by atoms with Crippen molar-refractivity contribution in [3.05, 3.63) is 125 Å². The lowest BCUT2D eigenvalue weighted by atomic mass is 10.0. The summed E-state index contributed by atoms with van der Waals surface area (Å²) in [6.45, 7) is -0.496. The first-order valence-electron chi connectivity index (χ1n) is 15.4. The number of amides is 2. The van der Waals surface area contributed by atoms with Crippen LogP contribution in [0, 0.1) is 0 Å². The molecule has 8 nitrogen and oxygen atoms in total. The Morgan fingerprint density at radius 2 is 1.46 bits per heavy atom. The minimum absolute atomic E-state index is 0.0257. The number of rotatable bonds is 13. The summed E-state index contributed by atoms with van der Waals surface area (Å²) in [5.41, 5.74) is 1.84. The summed E-state index contributed by atoms with van der Waals surface area (Å²) in [4.78, 5) is 30.2. The second-order valence-electron chi connectivity index (χ2n) is 11.3. The maximum Gasteiger partial charge on any atom is 0.264 e. The Labute approximate surface area is 276 Å². The van der Waals surface area contributed by atoms with Gasteiger partial charge in [0.05, 0.1) is 17.7 Å². The van der Waals surface area contributed by atoms with Gasteiger partial charge in [0.1, 0.15) is 18.3 Å². The fourth-order valence-corrected chi connectivity index (χ4v) is 7.35. The van der Waals surface area contributed by atoms with E-state index in [0.717, 1.165) is 41.1 Å². The Balaban J connectivity index is 1.58. The molecule has 2 amide bonds. The third-order valence-electron chi connectivity index (χ3n) is 8.20. The molecule has 0 radical (unpaired) electrons. The fraction of sp³-hybridized carbons (Fsp3) is 0.278. The summed E-state index contributed by atoms with van der Waals surface area (Å²) in [6.07, 6.45) is 4.08. The van der Waals surface area contributed by atoms with Crippen LogP contribution in [0.1, 0.15) is 36.8 Å². The number of ether oxygens (including phenoxy) is 1. The van der Waals surface area contributed by atoms with Crippen molar-refractivity contribution >= 4 is 39.1 Å². The van der Waals surface area contributed by atoms with Gasteiger partial charge in [0.25, 0.3) is 10.0 Å². The molecule has 0 saturated heterocycles. The normalized spacial score (nSPS) is 14.0. The second-order valence-corrected chi connectivity index (χ2v) is 13.6. The minimum atomic E-state index is -4.23. The van der Waals surface area contributed by atoms with Crippen LogP contribution in [0.15, 0.2) is 114 Å². The Kier molecular flexibility index (Phi) is 11.0. The molecule has 1 N–H and O–H groups in total. The maximum absolute atomic E-state index is 14.6. The Morgan fingerprint density at radius 3 is 2.11 bits per heavy atom. The van der Waals surface area contributed by atoms with Crippen molar-refractivity contribution in [2.24, 2.45) is 0 Å². The molecule has 4 aromatic carbocycles. The van der Waals surface area contributed by atoms with E-state index in [4.69, 9.17) is 16.3 Å². The van der Waals surface area contributed by atoms with Crippen molar-refractivity contribution in [1.82, 2.24) is 10.2 Å². The van der Waals surface area contributed by atoms with Crippen LogP contribution in [0.4, 0.5) is 5.69 Å². The highest BCUT2D eigenvalue weighted by Crippen LogP contribution is 2.33. The number of carbonyl (C=O) groups is 2. The molecule has 0 aromatic heterocycles. The number of para-hydroxylation sites is 2. The zero-order valence-electron chi connectivity index (χ0n) is 25.7. The van der Waals surface area contributed by atoms with Crippen molar-refractivity contribution in [2.75, 3.05) is 18.0 Å². The number of nitrogens with zero attached hydrogens (tertiary/aromatic N) is 2. The predicted molar refractivity (Wildman–Crippen MR) is 180 cm³/mol. The van der Waals surface area contributed by atoms with Crippen LogP contribution in [0.2, 0.25) is 5.02 Å². The average molecular weight is 660 g/mol.